The highest BCUT2D eigenvalue weighted by atomic mass is 16.5. The maximum atomic E-state index is 11.4. The Morgan fingerprint density at radius 2 is 2.22 bits per heavy atom. The van der Waals surface area contributed by atoms with Gasteiger partial charge in [0.05, 0.1) is 13.7 Å². The molecule has 5 nitrogen and oxygen atoms in total. The highest BCUT2D eigenvalue weighted by Crippen LogP contribution is 2.15. The standard InChI is InChI=1S/C13H21NO4/c1-10-12(13(16)17-2)8-11(18-10)9-14-6-4-3-5-7-15/h8,14-15H,3-7,9H2,1-2H3. The van der Waals surface area contributed by atoms with Crippen LogP contribution in [0.15, 0.2) is 10.5 Å². The quantitative estimate of drug-likeness (QED) is 0.545. The fraction of sp³-hybridized carbons (Fsp3) is 0.615. The number of hydrogen-bond acceptors (Lipinski definition) is 5. The Morgan fingerprint density at radius 3 is 2.89 bits per heavy atom. The van der Waals surface area contributed by atoms with Crippen LogP contribution in [-0.4, -0.2) is 31.3 Å². The molecule has 0 amide bonds. The van der Waals surface area contributed by atoms with Crippen LogP contribution in [0.5, 0.6) is 0 Å². The molecular weight excluding hydrogens is 234 g/mol. The van der Waals surface area contributed by atoms with Crippen molar-refractivity contribution < 1.29 is 19.1 Å². The van der Waals surface area contributed by atoms with Crippen molar-refractivity contribution in [2.75, 3.05) is 20.3 Å². The second-order valence-corrected chi connectivity index (χ2v) is 4.14. The lowest BCUT2D eigenvalue weighted by Gasteiger charge is -2.01. The molecule has 0 bridgehead atoms. The second kappa shape index (κ2) is 7.89. The molecule has 0 aliphatic carbocycles. The molecule has 5 heteroatoms. The molecule has 0 aliphatic heterocycles. The smallest absolute Gasteiger partial charge is 0.341 e. The summed E-state index contributed by atoms with van der Waals surface area (Å²) in [4.78, 5) is 11.4. The summed E-state index contributed by atoms with van der Waals surface area (Å²) in [5.41, 5.74) is 0.481. The molecule has 102 valence electrons. The fourth-order valence-electron chi connectivity index (χ4n) is 1.69. The molecule has 2 N–H and O–H groups in total. The van der Waals surface area contributed by atoms with E-state index in [1.807, 2.05) is 0 Å². The maximum Gasteiger partial charge on any atom is 0.341 e. The van der Waals surface area contributed by atoms with Gasteiger partial charge in [-0.1, -0.05) is 0 Å². The van der Waals surface area contributed by atoms with Crippen LogP contribution < -0.4 is 5.32 Å². The summed E-state index contributed by atoms with van der Waals surface area (Å²) in [7, 11) is 1.36. The van der Waals surface area contributed by atoms with Gasteiger partial charge in [-0.05, 0) is 38.8 Å². The first-order valence-electron chi connectivity index (χ1n) is 6.18. The van der Waals surface area contributed by atoms with E-state index in [1.165, 1.54) is 7.11 Å². The molecule has 1 heterocycles. The van der Waals surface area contributed by atoms with Gasteiger partial charge in [-0.3, -0.25) is 0 Å². The van der Waals surface area contributed by atoms with Crippen molar-refractivity contribution >= 4 is 5.97 Å². The van der Waals surface area contributed by atoms with Crippen LogP contribution in [0.25, 0.3) is 0 Å². The number of carbonyl (C=O) groups excluding carboxylic acids is 1. The van der Waals surface area contributed by atoms with Gasteiger partial charge in [0.25, 0.3) is 0 Å². The van der Waals surface area contributed by atoms with Crippen LogP contribution in [0.4, 0.5) is 0 Å². The van der Waals surface area contributed by atoms with Gasteiger partial charge < -0.3 is 19.6 Å². The van der Waals surface area contributed by atoms with Gasteiger partial charge in [-0.2, -0.15) is 0 Å². The third-order valence-corrected chi connectivity index (χ3v) is 2.69. The van der Waals surface area contributed by atoms with E-state index < -0.39 is 0 Å². The number of hydrogen-bond donors (Lipinski definition) is 2. The van der Waals surface area contributed by atoms with Gasteiger partial charge in [0.2, 0.25) is 0 Å². The Bertz CT molecular complexity index is 373. The largest absolute Gasteiger partial charge is 0.465 e. The predicted octanol–water partition coefficient (Wildman–Crippen LogP) is 1.63. The lowest BCUT2D eigenvalue weighted by Crippen LogP contribution is -2.14. The molecule has 1 aromatic rings. The number of ether oxygens (including phenoxy) is 1. The van der Waals surface area contributed by atoms with E-state index in [9.17, 15) is 4.79 Å². The van der Waals surface area contributed by atoms with Crippen LogP contribution in [0, 0.1) is 6.92 Å². The summed E-state index contributed by atoms with van der Waals surface area (Å²) in [5, 5.41) is 11.9. The normalized spacial score (nSPS) is 10.6. The van der Waals surface area contributed by atoms with Crippen LogP contribution in [0.3, 0.4) is 0 Å². The number of rotatable bonds is 8. The lowest BCUT2D eigenvalue weighted by atomic mass is 10.2. The molecule has 0 spiro atoms. The van der Waals surface area contributed by atoms with Gasteiger partial charge >= 0.3 is 5.97 Å². The Balaban J connectivity index is 2.33. The van der Waals surface area contributed by atoms with Gasteiger partial charge in [-0.25, -0.2) is 4.79 Å². The molecule has 0 aliphatic rings. The number of esters is 1. The van der Waals surface area contributed by atoms with Crippen LogP contribution in [-0.2, 0) is 11.3 Å². The number of methoxy groups -OCH3 is 1. The zero-order valence-corrected chi connectivity index (χ0v) is 11.0. The SMILES string of the molecule is COC(=O)c1cc(CNCCCCCO)oc1C. The molecule has 0 saturated heterocycles. The minimum Gasteiger partial charge on any atom is -0.465 e. The topological polar surface area (TPSA) is 71.7 Å². The number of furan rings is 1. The zero-order chi connectivity index (χ0) is 13.4. The van der Waals surface area contributed by atoms with Crippen molar-refractivity contribution in [1.29, 1.82) is 0 Å². The highest BCUT2D eigenvalue weighted by molar-refractivity contribution is 5.90. The van der Waals surface area contributed by atoms with E-state index in [0.717, 1.165) is 31.6 Å². The Labute approximate surface area is 107 Å². The van der Waals surface area contributed by atoms with E-state index in [1.54, 1.807) is 13.0 Å². The molecular formula is C13H21NO4. The third kappa shape index (κ3) is 4.50. The molecule has 0 atom stereocenters. The average Bonchev–Trinajstić information content (AvgIpc) is 2.74. The third-order valence-electron chi connectivity index (χ3n) is 2.69. The number of unbranched alkanes of at least 4 members (excludes halogenated alkanes) is 2. The van der Waals surface area contributed by atoms with E-state index in [2.05, 4.69) is 10.1 Å². The van der Waals surface area contributed by atoms with Crippen molar-refractivity contribution in [2.24, 2.45) is 0 Å². The minimum absolute atomic E-state index is 0.250. The fourth-order valence-corrected chi connectivity index (χ4v) is 1.69. The van der Waals surface area contributed by atoms with E-state index in [0.29, 0.717) is 17.9 Å². The lowest BCUT2D eigenvalue weighted by molar-refractivity contribution is 0.0599. The van der Waals surface area contributed by atoms with E-state index >= 15 is 0 Å². The first kappa shape index (κ1) is 14.7. The number of carbonyl (C=O) groups is 1. The van der Waals surface area contributed by atoms with E-state index in [4.69, 9.17) is 9.52 Å². The number of aliphatic hydroxyl groups excluding tert-OH is 1. The zero-order valence-electron chi connectivity index (χ0n) is 11.0. The van der Waals surface area contributed by atoms with Crippen molar-refractivity contribution in [1.82, 2.24) is 5.32 Å². The first-order chi connectivity index (χ1) is 8.69. The maximum absolute atomic E-state index is 11.4. The Hall–Kier alpha value is -1.33. The van der Waals surface area contributed by atoms with Crippen molar-refractivity contribution in [2.45, 2.75) is 32.7 Å². The summed E-state index contributed by atoms with van der Waals surface area (Å²) in [6.07, 6.45) is 2.87. The number of aryl methyl sites for hydroxylation is 1. The van der Waals surface area contributed by atoms with Gasteiger partial charge in [0, 0.05) is 6.61 Å². The van der Waals surface area contributed by atoms with Gasteiger partial charge in [0.1, 0.15) is 17.1 Å². The number of nitrogens with one attached hydrogen (secondary N) is 1. The number of aliphatic hydroxyl groups is 1. The van der Waals surface area contributed by atoms with Crippen LogP contribution in [0.2, 0.25) is 0 Å². The van der Waals surface area contributed by atoms with Crippen molar-refractivity contribution in [3.05, 3.63) is 23.2 Å². The van der Waals surface area contributed by atoms with Crippen molar-refractivity contribution in [3.8, 4) is 0 Å². The molecule has 0 unspecified atom stereocenters. The van der Waals surface area contributed by atoms with Gasteiger partial charge in [0.15, 0.2) is 0 Å². The molecule has 0 aromatic carbocycles. The molecule has 0 saturated carbocycles. The minimum atomic E-state index is -0.370. The van der Waals surface area contributed by atoms with Gasteiger partial charge in [-0.15, -0.1) is 0 Å². The Kier molecular flexibility index (Phi) is 6.46. The molecule has 0 fully saturated rings. The summed E-state index contributed by atoms with van der Waals surface area (Å²) >= 11 is 0. The monoisotopic (exact) mass is 255 g/mol. The van der Waals surface area contributed by atoms with Crippen LogP contribution >= 0.6 is 0 Å². The molecule has 1 rings (SSSR count). The summed E-state index contributed by atoms with van der Waals surface area (Å²) in [5.74, 6) is 0.944. The summed E-state index contributed by atoms with van der Waals surface area (Å²) in [6.45, 7) is 3.46. The molecule has 18 heavy (non-hydrogen) atoms. The second-order valence-electron chi connectivity index (χ2n) is 4.14. The summed E-state index contributed by atoms with van der Waals surface area (Å²) in [6, 6.07) is 1.71. The predicted molar refractivity (Wildman–Crippen MR) is 67.4 cm³/mol. The first-order valence-corrected chi connectivity index (χ1v) is 6.18. The Morgan fingerprint density at radius 1 is 1.44 bits per heavy atom. The van der Waals surface area contributed by atoms with E-state index in [-0.39, 0.29) is 12.6 Å². The molecule has 0 radical (unpaired) electrons. The van der Waals surface area contributed by atoms with Crippen molar-refractivity contribution in [3.63, 3.8) is 0 Å². The summed E-state index contributed by atoms with van der Waals surface area (Å²) < 4.78 is 10.1. The van der Waals surface area contributed by atoms with Crippen LogP contribution in [0.1, 0.15) is 41.1 Å². The average molecular weight is 255 g/mol. The highest BCUT2D eigenvalue weighted by Gasteiger charge is 2.14. The molecule has 1 aromatic heterocycles.